The molecule has 1 aliphatic carbocycles. The number of halogens is 1. The molecular formula is C21H23FO2S. The highest BCUT2D eigenvalue weighted by Gasteiger charge is 2.23. The molecule has 4 rings (SSSR count). The van der Waals surface area contributed by atoms with Crippen LogP contribution in [0, 0.1) is 11.7 Å². The Hall–Kier alpha value is -1.81. The molecule has 2 atom stereocenters. The fourth-order valence-corrected chi connectivity index (χ4v) is 4.78. The monoisotopic (exact) mass is 358 g/mol. The van der Waals surface area contributed by atoms with E-state index < -0.39 is 0 Å². The van der Waals surface area contributed by atoms with E-state index >= 15 is 0 Å². The molecule has 0 radical (unpaired) electrons. The Morgan fingerprint density at radius 3 is 2.76 bits per heavy atom. The molecule has 2 unspecified atom stereocenters. The third kappa shape index (κ3) is 3.20. The summed E-state index contributed by atoms with van der Waals surface area (Å²) in [5.41, 5.74) is 0. The van der Waals surface area contributed by atoms with Gasteiger partial charge in [0, 0.05) is 15.5 Å². The zero-order valence-corrected chi connectivity index (χ0v) is 15.5. The lowest BCUT2D eigenvalue weighted by atomic mass is 10.1. The van der Waals surface area contributed by atoms with Crippen LogP contribution in [0.4, 0.5) is 4.39 Å². The number of fused-ring (bicyclic) bond motifs is 3. The van der Waals surface area contributed by atoms with Gasteiger partial charge in [-0.15, -0.1) is 11.3 Å². The minimum Gasteiger partial charge on any atom is -0.490 e. The Morgan fingerprint density at radius 1 is 1.16 bits per heavy atom. The molecule has 2 aromatic carbocycles. The lowest BCUT2D eigenvalue weighted by Gasteiger charge is -2.13. The maximum absolute atomic E-state index is 14.8. The van der Waals surface area contributed by atoms with Crippen molar-refractivity contribution in [3.63, 3.8) is 0 Å². The predicted molar refractivity (Wildman–Crippen MR) is 103 cm³/mol. The standard InChI is InChI=1S/C21H23FO2S/c1-3-10-23-18-9-8-17-16-7-6-15(24-14-5-4-13(2)11-14)12-19(16)25-21(17)20(18)22/h6-9,12-14H,3-5,10-11H2,1-2H3. The first-order valence-corrected chi connectivity index (χ1v) is 9.91. The molecule has 0 bridgehead atoms. The van der Waals surface area contributed by atoms with Crippen molar-refractivity contribution >= 4 is 31.5 Å². The van der Waals surface area contributed by atoms with Crippen LogP contribution in [0.1, 0.15) is 39.5 Å². The fraction of sp³-hybridized carbons (Fsp3) is 0.429. The van der Waals surface area contributed by atoms with Crippen LogP contribution in [0.2, 0.25) is 0 Å². The highest BCUT2D eigenvalue weighted by Crippen LogP contribution is 2.40. The van der Waals surface area contributed by atoms with E-state index in [0.29, 0.717) is 23.2 Å². The van der Waals surface area contributed by atoms with Crippen molar-refractivity contribution in [2.75, 3.05) is 6.61 Å². The largest absolute Gasteiger partial charge is 0.490 e. The van der Waals surface area contributed by atoms with E-state index in [2.05, 4.69) is 13.0 Å². The second kappa shape index (κ2) is 6.83. The first-order valence-electron chi connectivity index (χ1n) is 9.10. The van der Waals surface area contributed by atoms with Crippen molar-refractivity contribution in [3.05, 3.63) is 36.1 Å². The van der Waals surface area contributed by atoms with E-state index in [1.807, 2.05) is 25.1 Å². The first-order chi connectivity index (χ1) is 12.2. The number of benzene rings is 2. The SMILES string of the molecule is CCCOc1ccc2c(sc3cc(OC4CCC(C)C4)ccc32)c1F. The van der Waals surface area contributed by atoms with Gasteiger partial charge in [-0.25, -0.2) is 4.39 Å². The van der Waals surface area contributed by atoms with Crippen LogP contribution < -0.4 is 9.47 Å². The average molecular weight is 358 g/mol. The molecule has 0 saturated heterocycles. The van der Waals surface area contributed by atoms with Crippen molar-refractivity contribution in [3.8, 4) is 11.5 Å². The number of thiophene rings is 1. The summed E-state index contributed by atoms with van der Waals surface area (Å²) in [5.74, 6) is 1.73. The van der Waals surface area contributed by atoms with Gasteiger partial charge in [0.1, 0.15) is 5.75 Å². The summed E-state index contributed by atoms with van der Waals surface area (Å²) < 4.78 is 28.1. The second-order valence-corrected chi connectivity index (χ2v) is 8.07. The van der Waals surface area contributed by atoms with Crippen LogP contribution in [0.15, 0.2) is 30.3 Å². The molecule has 1 heterocycles. The molecule has 1 saturated carbocycles. The van der Waals surface area contributed by atoms with E-state index in [0.717, 1.165) is 46.4 Å². The molecule has 1 aliphatic rings. The summed E-state index contributed by atoms with van der Waals surface area (Å²) >= 11 is 1.47. The summed E-state index contributed by atoms with van der Waals surface area (Å²) in [7, 11) is 0. The van der Waals surface area contributed by atoms with E-state index in [4.69, 9.17) is 9.47 Å². The summed E-state index contributed by atoms with van der Waals surface area (Å²) in [6, 6.07) is 9.81. The van der Waals surface area contributed by atoms with E-state index in [1.54, 1.807) is 6.07 Å². The smallest absolute Gasteiger partial charge is 0.182 e. The van der Waals surface area contributed by atoms with Crippen molar-refractivity contribution in [2.45, 2.75) is 45.6 Å². The number of rotatable bonds is 5. The topological polar surface area (TPSA) is 18.5 Å². The van der Waals surface area contributed by atoms with Gasteiger partial charge in [-0.3, -0.25) is 0 Å². The number of ether oxygens (including phenoxy) is 2. The fourth-order valence-electron chi connectivity index (χ4n) is 3.62. The van der Waals surface area contributed by atoms with Gasteiger partial charge in [0.2, 0.25) is 0 Å². The molecule has 0 N–H and O–H groups in total. The normalized spacial score (nSPS) is 20.4. The second-order valence-electron chi connectivity index (χ2n) is 7.02. The lowest BCUT2D eigenvalue weighted by Crippen LogP contribution is -2.11. The van der Waals surface area contributed by atoms with E-state index in [9.17, 15) is 4.39 Å². The summed E-state index contributed by atoms with van der Waals surface area (Å²) in [4.78, 5) is 0. The number of hydrogen-bond acceptors (Lipinski definition) is 3. The molecule has 1 aromatic heterocycles. The summed E-state index contributed by atoms with van der Waals surface area (Å²) in [6.45, 7) is 4.83. The molecule has 0 aliphatic heterocycles. The van der Waals surface area contributed by atoms with Crippen molar-refractivity contribution < 1.29 is 13.9 Å². The Bertz CT molecular complexity index is 902. The summed E-state index contributed by atoms with van der Waals surface area (Å²) in [6.07, 6.45) is 4.66. The van der Waals surface area contributed by atoms with Gasteiger partial charge in [-0.1, -0.05) is 13.8 Å². The molecule has 3 aromatic rings. The van der Waals surface area contributed by atoms with Crippen molar-refractivity contribution in [1.82, 2.24) is 0 Å². The van der Waals surface area contributed by atoms with Crippen LogP contribution in [0.25, 0.3) is 20.2 Å². The van der Waals surface area contributed by atoms with Crippen LogP contribution in [-0.4, -0.2) is 12.7 Å². The van der Waals surface area contributed by atoms with Crippen LogP contribution >= 0.6 is 11.3 Å². The molecule has 0 amide bonds. The van der Waals surface area contributed by atoms with Crippen LogP contribution in [-0.2, 0) is 0 Å². The zero-order valence-electron chi connectivity index (χ0n) is 14.7. The minimum absolute atomic E-state index is 0.251. The van der Waals surface area contributed by atoms with Gasteiger partial charge in [-0.05, 0) is 61.9 Å². The van der Waals surface area contributed by atoms with E-state index in [1.165, 1.54) is 17.8 Å². The Kier molecular flexibility index (Phi) is 4.55. The molecular weight excluding hydrogens is 335 g/mol. The Morgan fingerprint density at radius 2 is 2.00 bits per heavy atom. The first kappa shape index (κ1) is 16.6. The average Bonchev–Trinajstić information content (AvgIpc) is 3.18. The van der Waals surface area contributed by atoms with Gasteiger partial charge >= 0.3 is 0 Å². The van der Waals surface area contributed by atoms with Gasteiger partial charge in [0.15, 0.2) is 11.6 Å². The Labute approximate surface area is 151 Å². The Balaban J connectivity index is 1.68. The maximum atomic E-state index is 14.8. The molecule has 0 spiro atoms. The molecule has 2 nitrogen and oxygen atoms in total. The molecule has 132 valence electrons. The quantitative estimate of drug-likeness (QED) is 0.515. The zero-order chi connectivity index (χ0) is 17.4. The van der Waals surface area contributed by atoms with Crippen LogP contribution in [0.3, 0.4) is 0 Å². The maximum Gasteiger partial charge on any atom is 0.182 e. The van der Waals surface area contributed by atoms with Crippen LogP contribution in [0.5, 0.6) is 11.5 Å². The molecule has 1 fully saturated rings. The van der Waals surface area contributed by atoms with E-state index in [-0.39, 0.29) is 5.82 Å². The van der Waals surface area contributed by atoms with Gasteiger partial charge < -0.3 is 9.47 Å². The molecule has 4 heteroatoms. The highest BCUT2D eigenvalue weighted by molar-refractivity contribution is 7.25. The summed E-state index contributed by atoms with van der Waals surface area (Å²) in [5, 5.41) is 2.02. The van der Waals surface area contributed by atoms with Crippen molar-refractivity contribution in [2.24, 2.45) is 5.92 Å². The predicted octanol–water partition coefficient (Wildman–Crippen LogP) is 6.55. The van der Waals surface area contributed by atoms with Gasteiger partial charge in [-0.2, -0.15) is 0 Å². The molecule has 25 heavy (non-hydrogen) atoms. The highest BCUT2D eigenvalue weighted by atomic mass is 32.1. The van der Waals surface area contributed by atoms with Gasteiger partial charge in [0.25, 0.3) is 0 Å². The minimum atomic E-state index is -0.251. The number of hydrogen-bond donors (Lipinski definition) is 0. The lowest BCUT2D eigenvalue weighted by molar-refractivity contribution is 0.206. The third-order valence-corrected chi connectivity index (χ3v) is 6.09. The third-order valence-electron chi connectivity index (χ3n) is 4.93. The van der Waals surface area contributed by atoms with Gasteiger partial charge in [0.05, 0.1) is 17.4 Å². The van der Waals surface area contributed by atoms with Crippen molar-refractivity contribution in [1.29, 1.82) is 0 Å².